The van der Waals surface area contributed by atoms with Crippen LogP contribution in [0.15, 0.2) is 41.2 Å². The Hall–Kier alpha value is -3.02. The summed E-state index contributed by atoms with van der Waals surface area (Å²) in [5.41, 5.74) is 4.20. The minimum Gasteiger partial charge on any atom is -0.480 e. The second-order valence-corrected chi connectivity index (χ2v) is 6.88. The van der Waals surface area contributed by atoms with Gasteiger partial charge in [0.25, 0.3) is 5.91 Å². The molecule has 0 unspecified atom stereocenters. The van der Waals surface area contributed by atoms with E-state index in [1.807, 2.05) is 45.0 Å². The fourth-order valence-corrected chi connectivity index (χ4v) is 3.12. The Balaban J connectivity index is 1.82. The highest BCUT2D eigenvalue weighted by molar-refractivity contribution is 5.96. The number of amides is 1. The molecule has 1 amide bonds. The molecular weight excluding hydrogens is 342 g/mol. The molecule has 3 aromatic rings. The van der Waals surface area contributed by atoms with Crippen LogP contribution < -0.4 is 15.7 Å². The molecule has 1 atom stereocenters. The molecule has 27 heavy (non-hydrogen) atoms. The summed E-state index contributed by atoms with van der Waals surface area (Å²) in [6.45, 7) is 5.87. The molecule has 0 bridgehead atoms. The number of rotatable bonds is 5. The molecule has 0 aliphatic carbocycles. The first-order chi connectivity index (χ1) is 12.8. The molecular formula is C21H25N3O3. The van der Waals surface area contributed by atoms with Gasteiger partial charge in [0.15, 0.2) is 6.10 Å². The molecule has 0 aliphatic rings. The molecule has 0 fully saturated rings. The number of carbonyl (C=O) groups excluding carboxylic acids is 1. The maximum atomic E-state index is 12.7. The summed E-state index contributed by atoms with van der Waals surface area (Å²) in [6, 6.07) is 11.4. The third-order valence-electron chi connectivity index (χ3n) is 4.82. The molecule has 142 valence electrons. The Bertz CT molecular complexity index is 1060. The highest BCUT2D eigenvalue weighted by Gasteiger charge is 2.20. The van der Waals surface area contributed by atoms with Gasteiger partial charge in [0, 0.05) is 19.8 Å². The molecule has 0 radical (unpaired) electrons. The van der Waals surface area contributed by atoms with Crippen LogP contribution in [0.2, 0.25) is 0 Å². The van der Waals surface area contributed by atoms with Crippen LogP contribution in [-0.4, -0.2) is 21.1 Å². The van der Waals surface area contributed by atoms with Crippen LogP contribution in [0.4, 0.5) is 5.69 Å². The molecule has 1 aromatic heterocycles. The number of fused-ring (bicyclic) bond motifs is 1. The first-order valence-electron chi connectivity index (χ1n) is 9.02. The van der Waals surface area contributed by atoms with Crippen LogP contribution in [0.25, 0.3) is 11.0 Å². The number of nitrogens with zero attached hydrogens (tertiary/aromatic N) is 2. The van der Waals surface area contributed by atoms with E-state index in [0.717, 1.165) is 27.9 Å². The topological polar surface area (TPSA) is 65.3 Å². The number of aryl methyl sites for hydroxylation is 4. The number of nitrogens with one attached hydrogen (secondary N) is 1. The maximum absolute atomic E-state index is 12.7. The molecule has 6 nitrogen and oxygen atoms in total. The van der Waals surface area contributed by atoms with E-state index in [1.165, 1.54) is 0 Å². The summed E-state index contributed by atoms with van der Waals surface area (Å²) in [6.07, 6.45) is -0.0496. The van der Waals surface area contributed by atoms with Crippen molar-refractivity contribution >= 4 is 22.6 Å². The summed E-state index contributed by atoms with van der Waals surface area (Å²) in [5, 5.41) is 2.91. The van der Waals surface area contributed by atoms with Gasteiger partial charge in [-0.3, -0.25) is 13.9 Å². The zero-order valence-electron chi connectivity index (χ0n) is 16.4. The number of carbonyl (C=O) groups is 1. The minimum atomic E-state index is -0.596. The molecule has 0 aliphatic heterocycles. The van der Waals surface area contributed by atoms with Gasteiger partial charge in [-0.2, -0.15) is 0 Å². The van der Waals surface area contributed by atoms with Crippen molar-refractivity contribution in [2.24, 2.45) is 14.1 Å². The number of imidazole rings is 1. The van der Waals surface area contributed by atoms with Crippen molar-refractivity contribution < 1.29 is 9.53 Å². The Morgan fingerprint density at radius 3 is 2.48 bits per heavy atom. The second-order valence-electron chi connectivity index (χ2n) is 6.88. The van der Waals surface area contributed by atoms with E-state index in [9.17, 15) is 9.59 Å². The van der Waals surface area contributed by atoms with Crippen LogP contribution in [-0.2, 0) is 18.9 Å². The van der Waals surface area contributed by atoms with Gasteiger partial charge in [0.05, 0.1) is 11.0 Å². The van der Waals surface area contributed by atoms with Gasteiger partial charge >= 0.3 is 5.69 Å². The molecule has 2 aromatic carbocycles. The highest BCUT2D eigenvalue weighted by atomic mass is 16.5. The number of benzene rings is 2. The van der Waals surface area contributed by atoms with Gasteiger partial charge in [-0.05, 0) is 55.7 Å². The van der Waals surface area contributed by atoms with E-state index in [-0.39, 0.29) is 11.6 Å². The van der Waals surface area contributed by atoms with E-state index in [2.05, 4.69) is 5.32 Å². The SMILES string of the molecule is CC[C@H](Oc1cc(C)ccc1C)C(=O)Nc1ccc2c(c1)n(C)c(=O)n2C. The predicted molar refractivity (Wildman–Crippen MR) is 107 cm³/mol. The van der Waals surface area contributed by atoms with Gasteiger partial charge < -0.3 is 10.1 Å². The molecule has 0 saturated heterocycles. The van der Waals surface area contributed by atoms with Crippen molar-refractivity contribution in [3.63, 3.8) is 0 Å². The van der Waals surface area contributed by atoms with E-state index < -0.39 is 6.10 Å². The quantitative estimate of drug-likeness (QED) is 0.753. The van der Waals surface area contributed by atoms with Gasteiger partial charge in [-0.15, -0.1) is 0 Å². The molecule has 1 N–H and O–H groups in total. The van der Waals surface area contributed by atoms with Crippen LogP contribution >= 0.6 is 0 Å². The Kier molecular flexibility index (Phi) is 5.08. The zero-order chi connectivity index (χ0) is 19.7. The molecule has 0 spiro atoms. The average molecular weight is 367 g/mol. The van der Waals surface area contributed by atoms with Crippen LogP contribution in [0.1, 0.15) is 24.5 Å². The number of ether oxygens (including phenoxy) is 1. The van der Waals surface area contributed by atoms with E-state index in [1.54, 1.807) is 35.4 Å². The lowest BCUT2D eigenvalue weighted by Crippen LogP contribution is -2.32. The monoisotopic (exact) mass is 367 g/mol. The lowest BCUT2D eigenvalue weighted by molar-refractivity contribution is -0.122. The largest absolute Gasteiger partial charge is 0.480 e. The van der Waals surface area contributed by atoms with Crippen molar-refractivity contribution in [1.29, 1.82) is 0 Å². The summed E-state index contributed by atoms with van der Waals surface area (Å²) < 4.78 is 9.12. The van der Waals surface area contributed by atoms with Gasteiger partial charge in [-0.1, -0.05) is 19.1 Å². The fraction of sp³-hybridized carbons (Fsp3) is 0.333. The summed E-state index contributed by atoms with van der Waals surface area (Å²) in [7, 11) is 3.45. The van der Waals surface area contributed by atoms with E-state index >= 15 is 0 Å². The van der Waals surface area contributed by atoms with Crippen LogP contribution in [0.3, 0.4) is 0 Å². The van der Waals surface area contributed by atoms with Gasteiger partial charge in [-0.25, -0.2) is 4.79 Å². The maximum Gasteiger partial charge on any atom is 0.328 e. The molecule has 0 saturated carbocycles. The third kappa shape index (κ3) is 3.60. The number of anilines is 1. The Labute approximate surface area is 158 Å². The number of hydrogen-bond acceptors (Lipinski definition) is 3. The Morgan fingerprint density at radius 1 is 1.07 bits per heavy atom. The van der Waals surface area contributed by atoms with Crippen LogP contribution in [0.5, 0.6) is 5.75 Å². The molecule has 3 rings (SSSR count). The normalized spacial score (nSPS) is 12.2. The van der Waals surface area contributed by atoms with Crippen LogP contribution in [0, 0.1) is 13.8 Å². The fourth-order valence-electron chi connectivity index (χ4n) is 3.12. The summed E-state index contributed by atoms with van der Waals surface area (Å²) in [4.78, 5) is 24.8. The summed E-state index contributed by atoms with van der Waals surface area (Å²) >= 11 is 0. The van der Waals surface area contributed by atoms with Gasteiger partial charge in [0.1, 0.15) is 5.75 Å². The number of hydrogen-bond donors (Lipinski definition) is 1. The van der Waals surface area contributed by atoms with Crippen molar-refractivity contribution in [1.82, 2.24) is 9.13 Å². The standard InChI is InChI=1S/C21H25N3O3/c1-6-18(27-19-11-13(2)7-8-14(19)3)20(25)22-15-9-10-16-17(12-15)24(5)21(26)23(16)4/h7-12,18H,6H2,1-5H3,(H,22,25)/t18-/m0/s1. The van der Waals surface area contributed by atoms with E-state index in [4.69, 9.17) is 4.74 Å². The zero-order valence-corrected chi connectivity index (χ0v) is 16.4. The van der Waals surface area contributed by atoms with Crippen molar-refractivity contribution in [2.45, 2.75) is 33.3 Å². The minimum absolute atomic E-state index is 0.0989. The Morgan fingerprint density at radius 2 is 1.78 bits per heavy atom. The van der Waals surface area contributed by atoms with Crippen molar-refractivity contribution in [2.75, 3.05) is 5.32 Å². The average Bonchev–Trinajstić information content (AvgIpc) is 2.86. The summed E-state index contributed by atoms with van der Waals surface area (Å²) in [5.74, 6) is 0.511. The third-order valence-corrected chi connectivity index (χ3v) is 4.82. The highest BCUT2D eigenvalue weighted by Crippen LogP contribution is 2.22. The first kappa shape index (κ1) is 18.8. The number of aromatic nitrogens is 2. The lowest BCUT2D eigenvalue weighted by Gasteiger charge is -2.19. The van der Waals surface area contributed by atoms with E-state index in [0.29, 0.717) is 12.1 Å². The van der Waals surface area contributed by atoms with Crippen molar-refractivity contribution in [3.05, 3.63) is 58.0 Å². The predicted octanol–water partition coefficient (Wildman–Crippen LogP) is 3.29. The van der Waals surface area contributed by atoms with Gasteiger partial charge in [0.2, 0.25) is 0 Å². The second kappa shape index (κ2) is 7.31. The van der Waals surface area contributed by atoms with Crippen molar-refractivity contribution in [3.8, 4) is 5.75 Å². The molecule has 1 heterocycles. The molecule has 6 heteroatoms. The lowest BCUT2D eigenvalue weighted by atomic mass is 10.1. The first-order valence-corrected chi connectivity index (χ1v) is 9.02. The smallest absolute Gasteiger partial charge is 0.328 e.